The third kappa shape index (κ3) is 3.41. The number of carbonyl (C=O) groups excluding carboxylic acids is 1. The number of aromatic hydroxyl groups is 1. The molecule has 0 aromatic heterocycles. The second-order valence-electron chi connectivity index (χ2n) is 3.33. The smallest absolute Gasteiger partial charge is 0.233 e. The van der Waals surface area contributed by atoms with Crippen LogP contribution in [0.15, 0.2) is 18.2 Å². The minimum absolute atomic E-state index is 0.113. The number of carbonyl (C=O) groups is 1. The minimum Gasteiger partial charge on any atom is -0.507 e. The number of halogens is 1. The molecule has 0 aliphatic heterocycles. The van der Waals surface area contributed by atoms with E-state index in [1.807, 2.05) is 0 Å². The van der Waals surface area contributed by atoms with Crippen LogP contribution in [-0.4, -0.2) is 23.0 Å². The molecule has 0 saturated heterocycles. The Labute approximate surface area is 103 Å². The molecule has 0 radical (unpaired) electrons. The highest BCUT2D eigenvalue weighted by molar-refractivity contribution is 9.10. The number of alkyl halides is 1. The first-order valence-corrected chi connectivity index (χ1v) is 5.74. The molecule has 0 fully saturated rings. The number of benzene rings is 1. The summed E-state index contributed by atoms with van der Waals surface area (Å²) in [5, 5.41) is 12.3. The van der Waals surface area contributed by atoms with Gasteiger partial charge in [0.15, 0.2) is 0 Å². The van der Waals surface area contributed by atoms with Crippen molar-refractivity contribution in [2.75, 3.05) is 7.11 Å². The molecule has 0 aliphatic rings. The summed E-state index contributed by atoms with van der Waals surface area (Å²) in [6.07, 6.45) is 0. The highest BCUT2D eigenvalue weighted by Gasteiger charge is 2.09. The molecule has 0 spiro atoms. The summed E-state index contributed by atoms with van der Waals surface area (Å²) >= 11 is 3.16. The van der Waals surface area contributed by atoms with Gasteiger partial charge in [0.25, 0.3) is 0 Å². The van der Waals surface area contributed by atoms with Crippen molar-refractivity contribution in [3.05, 3.63) is 23.8 Å². The Morgan fingerprint density at radius 2 is 2.31 bits per heavy atom. The lowest BCUT2D eigenvalue weighted by atomic mass is 10.2. The van der Waals surface area contributed by atoms with Gasteiger partial charge in [-0.15, -0.1) is 0 Å². The predicted molar refractivity (Wildman–Crippen MR) is 64.9 cm³/mol. The highest BCUT2D eigenvalue weighted by Crippen LogP contribution is 2.23. The molecule has 2 N–H and O–H groups in total. The highest BCUT2D eigenvalue weighted by atomic mass is 79.9. The van der Waals surface area contributed by atoms with Gasteiger partial charge in [0.1, 0.15) is 11.5 Å². The third-order valence-electron chi connectivity index (χ3n) is 2.11. The van der Waals surface area contributed by atoms with Crippen LogP contribution in [-0.2, 0) is 11.3 Å². The Morgan fingerprint density at radius 3 is 2.81 bits per heavy atom. The molecular formula is C11H14BrNO3. The normalized spacial score (nSPS) is 11.9. The summed E-state index contributed by atoms with van der Waals surface area (Å²) in [6.45, 7) is 2.04. The van der Waals surface area contributed by atoms with E-state index in [1.54, 1.807) is 19.1 Å². The number of phenolic OH excluding ortho intramolecular Hbond substituents is 1. The zero-order chi connectivity index (χ0) is 12.1. The molecule has 16 heavy (non-hydrogen) atoms. The zero-order valence-corrected chi connectivity index (χ0v) is 10.7. The van der Waals surface area contributed by atoms with Crippen LogP contribution in [0, 0.1) is 0 Å². The van der Waals surface area contributed by atoms with E-state index in [-0.39, 0.29) is 16.5 Å². The summed E-state index contributed by atoms with van der Waals surface area (Å²) in [5.74, 6) is 0.582. The fraction of sp³-hybridized carbons (Fsp3) is 0.364. The Kier molecular flexibility index (Phi) is 4.61. The Balaban J connectivity index is 2.64. The molecule has 0 heterocycles. The lowest BCUT2D eigenvalue weighted by molar-refractivity contribution is -0.120. The van der Waals surface area contributed by atoms with E-state index in [0.29, 0.717) is 17.9 Å². The van der Waals surface area contributed by atoms with Crippen molar-refractivity contribution in [2.45, 2.75) is 18.3 Å². The summed E-state index contributed by atoms with van der Waals surface area (Å²) < 4.78 is 4.96. The van der Waals surface area contributed by atoms with Gasteiger partial charge in [0.2, 0.25) is 5.91 Å². The number of hydrogen-bond donors (Lipinski definition) is 2. The molecule has 1 unspecified atom stereocenters. The molecule has 0 bridgehead atoms. The standard InChI is InChI=1S/C11H14BrNO3/c1-7(12)11(15)13-6-8-3-4-9(16-2)5-10(8)14/h3-5,7,14H,6H2,1-2H3,(H,13,15). The van der Waals surface area contributed by atoms with Crippen LogP contribution in [0.2, 0.25) is 0 Å². The van der Waals surface area contributed by atoms with E-state index < -0.39 is 0 Å². The van der Waals surface area contributed by atoms with E-state index in [9.17, 15) is 9.90 Å². The van der Waals surface area contributed by atoms with Crippen LogP contribution in [0.4, 0.5) is 0 Å². The van der Waals surface area contributed by atoms with Crippen molar-refractivity contribution in [2.24, 2.45) is 0 Å². The minimum atomic E-state index is -0.243. The topological polar surface area (TPSA) is 58.6 Å². The molecule has 0 aliphatic carbocycles. The number of nitrogens with one attached hydrogen (secondary N) is 1. The van der Waals surface area contributed by atoms with Crippen molar-refractivity contribution >= 4 is 21.8 Å². The average Bonchev–Trinajstić information content (AvgIpc) is 2.26. The number of hydrogen-bond acceptors (Lipinski definition) is 3. The number of ether oxygens (including phenoxy) is 1. The first-order valence-electron chi connectivity index (χ1n) is 4.82. The monoisotopic (exact) mass is 287 g/mol. The summed E-state index contributed by atoms with van der Waals surface area (Å²) in [6, 6.07) is 4.96. The van der Waals surface area contributed by atoms with Crippen LogP contribution in [0.25, 0.3) is 0 Å². The zero-order valence-electron chi connectivity index (χ0n) is 9.16. The lowest BCUT2D eigenvalue weighted by Gasteiger charge is -2.09. The first-order chi connectivity index (χ1) is 7.54. The second-order valence-corrected chi connectivity index (χ2v) is 4.70. The summed E-state index contributed by atoms with van der Waals surface area (Å²) in [7, 11) is 1.53. The van der Waals surface area contributed by atoms with Gasteiger partial charge >= 0.3 is 0 Å². The Morgan fingerprint density at radius 1 is 1.62 bits per heavy atom. The van der Waals surface area contributed by atoms with E-state index >= 15 is 0 Å². The van der Waals surface area contributed by atoms with Crippen LogP contribution in [0.1, 0.15) is 12.5 Å². The van der Waals surface area contributed by atoms with E-state index in [4.69, 9.17) is 4.74 Å². The van der Waals surface area contributed by atoms with Crippen molar-refractivity contribution in [3.8, 4) is 11.5 Å². The maximum atomic E-state index is 11.3. The van der Waals surface area contributed by atoms with Gasteiger partial charge in [-0.1, -0.05) is 15.9 Å². The maximum absolute atomic E-state index is 11.3. The molecule has 1 atom stereocenters. The fourth-order valence-corrected chi connectivity index (χ4v) is 1.30. The van der Waals surface area contributed by atoms with Crippen molar-refractivity contribution in [3.63, 3.8) is 0 Å². The Hall–Kier alpha value is -1.23. The average molecular weight is 288 g/mol. The van der Waals surface area contributed by atoms with Gasteiger partial charge in [-0.3, -0.25) is 4.79 Å². The molecule has 0 saturated carbocycles. The number of phenols is 1. The third-order valence-corrected chi connectivity index (χ3v) is 2.52. The summed E-state index contributed by atoms with van der Waals surface area (Å²) in [4.78, 5) is 11.0. The summed E-state index contributed by atoms with van der Waals surface area (Å²) in [5.41, 5.74) is 0.655. The first kappa shape index (κ1) is 12.8. The van der Waals surface area contributed by atoms with Gasteiger partial charge in [-0.25, -0.2) is 0 Å². The van der Waals surface area contributed by atoms with Crippen LogP contribution in [0.3, 0.4) is 0 Å². The van der Waals surface area contributed by atoms with Crippen molar-refractivity contribution < 1.29 is 14.6 Å². The number of rotatable bonds is 4. The van der Waals surface area contributed by atoms with Gasteiger partial charge < -0.3 is 15.2 Å². The molecule has 1 aromatic carbocycles. The predicted octanol–water partition coefficient (Wildman–Crippen LogP) is 1.80. The number of methoxy groups -OCH3 is 1. The van der Waals surface area contributed by atoms with Crippen molar-refractivity contribution in [1.82, 2.24) is 5.32 Å². The molecule has 1 rings (SSSR count). The van der Waals surface area contributed by atoms with Crippen LogP contribution in [0.5, 0.6) is 11.5 Å². The largest absolute Gasteiger partial charge is 0.507 e. The van der Waals surface area contributed by atoms with Crippen molar-refractivity contribution in [1.29, 1.82) is 0 Å². The quantitative estimate of drug-likeness (QED) is 0.831. The van der Waals surface area contributed by atoms with Gasteiger partial charge in [-0.2, -0.15) is 0 Å². The molecule has 88 valence electrons. The SMILES string of the molecule is COc1ccc(CNC(=O)C(C)Br)c(O)c1. The molecule has 1 amide bonds. The van der Waals surface area contributed by atoms with E-state index in [2.05, 4.69) is 21.2 Å². The molecular weight excluding hydrogens is 274 g/mol. The van der Waals surface area contributed by atoms with Crippen LogP contribution < -0.4 is 10.1 Å². The van der Waals surface area contributed by atoms with Crippen LogP contribution >= 0.6 is 15.9 Å². The van der Waals surface area contributed by atoms with E-state index in [0.717, 1.165) is 0 Å². The fourth-order valence-electron chi connectivity index (χ4n) is 1.14. The molecule has 1 aromatic rings. The Bertz CT molecular complexity index is 379. The maximum Gasteiger partial charge on any atom is 0.233 e. The molecule has 4 nitrogen and oxygen atoms in total. The lowest BCUT2D eigenvalue weighted by Crippen LogP contribution is -2.28. The van der Waals surface area contributed by atoms with Gasteiger partial charge in [-0.05, 0) is 19.1 Å². The number of amides is 1. The molecule has 5 heteroatoms. The van der Waals surface area contributed by atoms with Gasteiger partial charge in [0.05, 0.1) is 11.9 Å². The van der Waals surface area contributed by atoms with E-state index in [1.165, 1.54) is 13.2 Å². The van der Waals surface area contributed by atoms with Gasteiger partial charge in [0, 0.05) is 18.2 Å². The second kappa shape index (κ2) is 5.75.